The van der Waals surface area contributed by atoms with Gasteiger partial charge in [0, 0.05) is 30.7 Å². The van der Waals surface area contributed by atoms with Crippen LogP contribution in [-0.2, 0) is 9.63 Å². The lowest BCUT2D eigenvalue weighted by molar-refractivity contribution is -0.135. The van der Waals surface area contributed by atoms with Crippen molar-refractivity contribution in [3.8, 4) is 0 Å². The van der Waals surface area contributed by atoms with Crippen molar-refractivity contribution in [1.29, 1.82) is 0 Å². The Bertz CT molecular complexity index is 787. The van der Waals surface area contributed by atoms with Crippen molar-refractivity contribution in [3.05, 3.63) is 12.2 Å². The van der Waals surface area contributed by atoms with Crippen molar-refractivity contribution in [2.24, 2.45) is 39.7 Å². The lowest BCUT2D eigenvalue weighted by Gasteiger charge is -2.60. The fraction of sp³-hybridized carbons (Fsp3) is 0.833. The van der Waals surface area contributed by atoms with Crippen LogP contribution in [0, 0.1) is 34.5 Å². The Morgan fingerprint density at radius 3 is 2.77 bits per heavy atom. The standard InChI is InChI=1S/C24H34ClFN2O2/c1-14-10-17-18(5-8-24(3)21(29)12-20(26)22(17)24)23(2)7-4-15(11-19(14)23)27-30-16-6-9-28(25)13-16/h16-20,22H,1,4-13H2,2-3H3/t16?,17?,18?,19-,20?,22?,23-,24-/m1/s1. The van der Waals surface area contributed by atoms with Crippen LogP contribution in [0.25, 0.3) is 0 Å². The van der Waals surface area contributed by atoms with Crippen molar-refractivity contribution in [3.63, 3.8) is 0 Å². The highest BCUT2D eigenvalue weighted by molar-refractivity contribution is 6.13. The number of fused-ring (bicyclic) bond motifs is 5. The minimum absolute atomic E-state index is 0.0830. The summed E-state index contributed by atoms with van der Waals surface area (Å²) in [5, 5.41) is 4.53. The van der Waals surface area contributed by atoms with Gasteiger partial charge in [-0.3, -0.25) is 4.79 Å². The number of hydrogen-bond donors (Lipinski definition) is 0. The second-order valence-corrected chi connectivity index (χ2v) is 11.5. The van der Waals surface area contributed by atoms with Crippen LogP contribution in [0.4, 0.5) is 4.39 Å². The van der Waals surface area contributed by atoms with Crippen LogP contribution in [0.1, 0.15) is 65.2 Å². The predicted molar refractivity (Wildman–Crippen MR) is 116 cm³/mol. The van der Waals surface area contributed by atoms with Gasteiger partial charge in [-0.05, 0) is 73.5 Å². The van der Waals surface area contributed by atoms with E-state index in [1.54, 1.807) is 4.42 Å². The van der Waals surface area contributed by atoms with E-state index in [1.165, 1.54) is 5.57 Å². The topological polar surface area (TPSA) is 41.9 Å². The molecular weight excluding hydrogens is 403 g/mol. The number of nitrogens with zero attached hydrogens (tertiary/aromatic N) is 2. The van der Waals surface area contributed by atoms with Gasteiger partial charge in [-0.1, -0.05) is 31.2 Å². The zero-order chi connectivity index (χ0) is 21.3. The number of rotatable bonds is 2. The van der Waals surface area contributed by atoms with Gasteiger partial charge >= 0.3 is 0 Å². The second kappa shape index (κ2) is 7.30. The Morgan fingerprint density at radius 1 is 1.23 bits per heavy atom. The largest absolute Gasteiger partial charge is 0.391 e. The molecule has 0 aromatic heterocycles. The third kappa shape index (κ3) is 3.09. The number of Topliss-reactive ketones (excluding diaryl/α,β-unsaturated/α-hetero) is 1. The molecule has 5 unspecified atom stereocenters. The molecule has 0 aromatic carbocycles. The van der Waals surface area contributed by atoms with Gasteiger partial charge in [-0.2, -0.15) is 0 Å². The summed E-state index contributed by atoms with van der Waals surface area (Å²) in [6.45, 7) is 10.5. The molecule has 0 N–H and O–H groups in total. The molecule has 0 radical (unpaired) electrons. The van der Waals surface area contributed by atoms with E-state index >= 15 is 4.39 Å². The maximum atomic E-state index is 15.0. The molecule has 4 aliphatic carbocycles. The summed E-state index contributed by atoms with van der Waals surface area (Å²) < 4.78 is 16.8. The molecule has 6 heteroatoms. The molecule has 1 saturated heterocycles. The zero-order valence-corrected chi connectivity index (χ0v) is 19.0. The average molecular weight is 437 g/mol. The summed E-state index contributed by atoms with van der Waals surface area (Å²) in [4.78, 5) is 18.4. The lowest BCUT2D eigenvalue weighted by Crippen LogP contribution is -2.55. The lowest BCUT2D eigenvalue weighted by atomic mass is 9.44. The highest BCUT2D eigenvalue weighted by Crippen LogP contribution is 2.66. The summed E-state index contributed by atoms with van der Waals surface area (Å²) in [5.74, 6) is 1.12. The Kier molecular flexibility index (Phi) is 5.09. The van der Waals surface area contributed by atoms with E-state index in [0.29, 0.717) is 11.8 Å². The number of alkyl halides is 1. The number of ketones is 1. The molecule has 5 fully saturated rings. The summed E-state index contributed by atoms with van der Waals surface area (Å²) >= 11 is 6.03. The van der Waals surface area contributed by atoms with Gasteiger partial charge in [0.1, 0.15) is 18.1 Å². The van der Waals surface area contributed by atoms with E-state index < -0.39 is 11.6 Å². The van der Waals surface area contributed by atoms with Crippen molar-refractivity contribution in [2.75, 3.05) is 13.1 Å². The fourth-order valence-corrected chi connectivity index (χ4v) is 8.09. The molecule has 0 bridgehead atoms. The SMILES string of the molecule is C=C1CC2C3C(F)CC(=O)[C@@]3(C)CCC2[C@@]2(C)CCC(=NOC3CCN(Cl)C3)C[C@H]12. The van der Waals surface area contributed by atoms with Gasteiger partial charge in [-0.15, -0.1) is 0 Å². The Morgan fingerprint density at radius 2 is 2.03 bits per heavy atom. The molecule has 4 saturated carbocycles. The van der Waals surface area contributed by atoms with Crippen LogP contribution in [-0.4, -0.2) is 41.3 Å². The quantitative estimate of drug-likeness (QED) is 0.334. The second-order valence-electron chi connectivity index (χ2n) is 11.1. The molecule has 0 amide bonds. The predicted octanol–water partition coefficient (Wildman–Crippen LogP) is 5.31. The maximum Gasteiger partial charge on any atom is 0.142 e. The minimum atomic E-state index is -0.981. The van der Waals surface area contributed by atoms with Gasteiger partial charge in [0.2, 0.25) is 0 Å². The van der Waals surface area contributed by atoms with Crippen molar-refractivity contribution in [2.45, 2.75) is 77.5 Å². The van der Waals surface area contributed by atoms with Gasteiger partial charge in [0.15, 0.2) is 0 Å². The molecule has 8 atom stereocenters. The summed E-state index contributed by atoms with van der Waals surface area (Å²) in [6, 6.07) is 0. The van der Waals surface area contributed by atoms with E-state index in [0.717, 1.165) is 63.7 Å². The van der Waals surface area contributed by atoms with Crippen LogP contribution in [0.5, 0.6) is 0 Å². The first-order valence-corrected chi connectivity index (χ1v) is 12.0. The van der Waals surface area contributed by atoms with Gasteiger partial charge < -0.3 is 4.84 Å². The summed E-state index contributed by atoms with van der Waals surface area (Å²) in [7, 11) is 0. The van der Waals surface area contributed by atoms with Gasteiger partial charge in [0.05, 0.1) is 12.3 Å². The maximum absolute atomic E-state index is 15.0. The minimum Gasteiger partial charge on any atom is -0.391 e. The molecule has 1 aliphatic heterocycles. The highest BCUT2D eigenvalue weighted by Gasteiger charge is 2.63. The van der Waals surface area contributed by atoms with Gasteiger partial charge in [0.25, 0.3) is 0 Å². The smallest absolute Gasteiger partial charge is 0.142 e. The molecule has 5 aliphatic rings. The molecule has 1 heterocycles. The van der Waals surface area contributed by atoms with Crippen LogP contribution in [0.2, 0.25) is 0 Å². The molecule has 0 aromatic rings. The van der Waals surface area contributed by atoms with Crippen molar-refractivity contribution in [1.82, 2.24) is 4.42 Å². The van der Waals surface area contributed by atoms with E-state index in [1.807, 2.05) is 6.92 Å². The molecule has 30 heavy (non-hydrogen) atoms. The van der Waals surface area contributed by atoms with E-state index in [4.69, 9.17) is 16.6 Å². The molecule has 0 spiro atoms. The first-order chi connectivity index (χ1) is 14.2. The number of halogens is 2. The van der Waals surface area contributed by atoms with E-state index in [9.17, 15) is 4.79 Å². The van der Waals surface area contributed by atoms with Crippen LogP contribution >= 0.6 is 11.8 Å². The van der Waals surface area contributed by atoms with Crippen LogP contribution in [0.15, 0.2) is 17.3 Å². The van der Waals surface area contributed by atoms with E-state index in [-0.39, 0.29) is 35.6 Å². The van der Waals surface area contributed by atoms with Crippen molar-refractivity contribution >= 4 is 23.3 Å². The normalized spacial score (nSPS) is 50.3. The third-order valence-electron chi connectivity index (χ3n) is 9.55. The Balaban J connectivity index is 1.34. The van der Waals surface area contributed by atoms with Gasteiger partial charge in [-0.25, -0.2) is 8.81 Å². The Hall–Kier alpha value is -0.940. The molecular formula is C24H34ClFN2O2. The zero-order valence-electron chi connectivity index (χ0n) is 18.2. The fourth-order valence-electron chi connectivity index (χ4n) is 7.84. The van der Waals surface area contributed by atoms with Crippen LogP contribution in [0.3, 0.4) is 0 Å². The highest BCUT2D eigenvalue weighted by atomic mass is 35.5. The third-order valence-corrected chi connectivity index (χ3v) is 9.85. The van der Waals surface area contributed by atoms with Crippen LogP contribution < -0.4 is 0 Å². The molecule has 4 nitrogen and oxygen atoms in total. The first-order valence-electron chi connectivity index (χ1n) is 11.7. The Labute approximate surface area is 184 Å². The first kappa shape index (κ1) is 20.9. The number of carbonyl (C=O) groups is 1. The molecule has 5 rings (SSSR count). The summed E-state index contributed by atoms with van der Waals surface area (Å²) in [6.07, 6.45) is 5.74. The summed E-state index contributed by atoms with van der Waals surface area (Å²) in [5.41, 5.74) is 2.02. The number of carbonyl (C=O) groups excluding carboxylic acids is 1. The number of oxime groups is 1. The average Bonchev–Trinajstić information content (AvgIpc) is 3.21. The number of hydrogen-bond acceptors (Lipinski definition) is 4. The number of allylic oxidation sites excluding steroid dienone is 1. The molecule has 166 valence electrons. The van der Waals surface area contributed by atoms with E-state index in [2.05, 4.69) is 18.7 Å². The van der Waals surface area contributed by atoms with Crippen molar-refractivity contribution < 1.29 is 14.0 Å². The monoisotopic (exact) mass is 436 g/mol.